The molecular formula is C41H48N2O9S4. The largest absolute Gasteiger partial charge is 0.497 e. The molecule has 0 fully saturated rings. The number of carbonyl (C=O) groups excluding carboxylic acids is 2. The minimum atomic E-state index is -4.44. The molecule has 3 aromatic rings. The highest BCUT2D eigenvalue weighted by Crippen LogP contribution is 2.44. The zero-order valence-electron chi connectivity index (χ0n) is 32.0. The standard InChI is InChI=1S/C41H48N2O9S4/c1-6-36(52-24-9-25-55(46,47)48)37(53-38-28-34(56(49,50)51)17-13-31(38)4)19-15-32-14-12-30(3)33(27-32)16-20-41-43(35-18-11-29(2)26-39(35)54-41)22-8-21-42(5)40(45)10-7-23-44/h7,10-20,23,26-28,41H,6,8-9,21-22,24-25H2,1-5H3,(H,46,47,48)(H,49,50,51)/b10-7-,19-15+,20-16+,37-36?. The van der Waals surface area contributed by atoms with E-state index in [0.717, 1.165) is 34.4 Å². The molecule has 0 aromatic heterocycles. The molecule has 2 N–H and O–H groups in total. The second-order valence-electron chi connectivity index (χ2n) is 13.2. The average molecular weight is 841 g/mol. The van der Waals surface area contributed by atoms with Crippen molar-refractivity contribution in [2.24, 2.45) is 0 Å². The van der Waals surface area contributed by atoms with Gasteiger partial charge in [-0.1, -0.05) is 72.9 Å². The third kappa shape index (κ3) is 13.2. The van der Waals surface area contributed by atoms with E-state index in [1.165, 1.54) is 46.5 Å². The fourth-order valence-corrected chi connectivity index (χ4v) is 9.24. The highest BCUT2D eigenvalue weighted by molar-refractivity contribution is 8.03. The maximum atomic E-state index is 12.3. The summed E-state index contributed by atoms with van der Waals surface area (Å²) in [5.41, 5.74) is 6.07. The third-order valence-corrected chi connectivity index (χ3v) is 13.0. The number of rotatable bonds is 19. The summed E-state index contributed by atoms with van der Waals surface area (Å²) in [4.78, 5) is 29.1. The van der Waals surface area contributed by atoms with Crippen LogP contribution >= 0.6 is 23.5 Å². The van der Waals surface area contributed by atoms with Crippen LogP contribution in [0.3, 0.4) is 0 Å². The number of aldehydes is 1. The second kappa shape index (κ2) is 20.3. The van der Waals surface area contributed by atoms with Gasteiger partial charge in [0.15, 0.2) is 0 Å². The van der Waals surface area contributed by atoms with Crippen LogP contribution in [-0.2, 0) is 34.6 Å². The van der Waals surface area contributed by atoms with Gasteiger partial charge >= 0.3 is 0 Å². The molecule has 1 heterocycles. The Bertz CT molecular complexity index is 2250. The van der Waals surface area contributed by atoms with E-state index in [4.69, 9.17) is 9.29 Å². The monoisotopic (exact) mass is 840 g/mol. The van der Waals surface area contributed by atoms with Gasteiger partial charge in [-0.25, -0.2) is 0 Å². The van der Waals surface area contributed by atoms with Crippen molar-refractivity contribution in [1.82, 2.24) is 4.90 Å². The first-order valence-corrected chi connectivity index (χ1v) is 22.7. The Balaban J connectivity index is 1.60. The van der Waals surface area contributed by atoms with E-state index in [1.54, 1.807) is 29.8 Å². The van der Waals surface area contributed by atoms with Crippen LogP contribution in [0, 0.1) is 20.8 Å². The number of anilines is 1. The minimum Gasteiger partial charge on any atom is -0.497 e. The summed E-state index contributed by atoms with van der Waals surface area (Å²) in [6.45, 7) is 9.11. The number of allylic oxidation sites excluding steroid dienone is 3. The molecule has 0 radical (unpaired) electrons. The predicted molar refractivity (Wildman–Crippen MR) is 226 cm³/mol. The lowest BCUT2D eigenvalue weighted by molar-refractivity contribution is -0.125. The molecule has 1 atom stereocenters. The Morgan fingerprint density at radius 3 is 2.41 bits per heavy atom. The van der Waals surface area contributed by atoms with Crippen LogP contribution in [0.5, 0.6) is 0 Å². The molecule has 1 aliphatic heterocycles. The van der Waals surface area contributed by atoms with Gasteiger partial charge in [-0.2, -0.15) is 16.8 Å². The number of carbonyl (C=O) groups is 2. The molecule has 0 aliphatic carbocycles. The molecule has 0 saturated carbocycles. The van der Waals surface area contributed by atoms with Crippen LogP contribution in [0.1, 0.15) is 54.0 Å². The molecule has 15 heteroatoms. The van der Waals surface area contributed by atoms with E-state index in [0.29, 0.717) is 41.4 Å². The first-order valence-electron chi connectivity index (χ1n) is 17.9. The molecule has 11 nitrogen and oxygen atoms in total. The molecule has 0 bridgehead atoms. The summed E-state index contributed by atoms with van der Waals surface area (Å²) in [5, 5.41) is 0.0131. The Morgan fingerprint density at radius 1 is 0.964 bits per heavy atom. The molecule has 300 valence electrons. The molecule has 0 spiro atoms. The van der Waals surface area contributed by atoms with Crippen LogP contribution < -0.4 is 4.90 Å². The van der Waals surface area contributed by atoms with Gasteiger partial charge < -0.3 is 14.5 Å². The van der Waals surface area contributed by atoms with E-state index >= 15 is 0 Å². The minimum absolute atomic E-state index is 0.0131. The van der Waals surface area contributed by atoms with Gasteiger partial charge in [0.05, 0.1) is 28.3 Å². The number of thioether (sulfide) groups is 2. The zero-order chi connectivity index (χ0) is 41.0. The summed E-state index contributed by atoms with van der Waals surface area (Å²) < 4.78 is 71.3. The van der Waals surface area contributed by atoms with Gasteiger partial charge in [0.2, 0.25) is 5.91 Å². The summed E-state index contributed by atoms with van der Waals surface area (Å²) >= 11 is 3.04. The predicted octanol–water partition coefficient (Wildman–Crippen LogP) is 8.14. The van der Waals surface area contributed by atoms with Crippen molar-refractivity contribution in [2.45, 2.75) is 67.0 Å². The van der Waals surface area contributed by atoms with Gasteiger partial charge in [0.1, 0.15) is 12.0 Å². The number of aryl methyl sites for hydroxylation is 3. The molecule has 0 saturated heterocycles. The van der Waals surface area contributed by atoms with Gasteiger partial charge in [-0.15, -0.1) is 0 Å². The zero-order valence-corrected chi connectivity index (χ0v) is 35.3. The van der Waals surface area contributed by atoms with Crippen molar-refractivity contribution in [3.63, 3.8) is 0 Å². The smallest absolute Gasteiger partial charge is 0.294 e. The van der Waals surface area contributed by atoms with Crippen molar-refractivity contribution in [3.05, 3.63) is 117 Å². The lowest BCUT2D eigenvalue weighted by atomic mass is 10.0. The van der Waals surface area contributed by atoms with Crippen molar-refractivity contribution in [3.8, 4) is 0 Å². The number of hydrogen-bond donors (Lipinski definition) is 2. The molecular weight excluding hydrogens is 793 g/mol. The van der Waals surface area contributed by atoms with E-state index < -0.39 is 26.0 Å². The molecule has 56 heavy (non-hydrogen) atoms. The molecule has 1 unspecified atom stereocenters. The van der Waals surface area contributed by atoms with Crippen molar-refractivity contribution in [2.75, 3.05) is 37.4 Å². The number of ether oxygens (including phenoxy) is 1. The van der Waals surface area contributed by atoms with E-state index in [2.05, 4.69) is 48.2 Å². The Morgan fingerprint density at radius 2 is 1.71 bits per heavy atom. The van der Waals surface area contributed by atoms with Crippen LogP contribution in [0.4, 0.5) is 5.69 Å². The van der Waals surface area contributed by atoms with E-state index in [9.17, 15) is 31.0 Å². The average Bonchev–Trinajstić information content (AvgIpc) is 3.48. The number of hydrogen-bond acceptors (Lipinski definition) is 10. The number of fused-ring (bicyclic) bond motifs is 1. The van der Waals surface area contributed by atoms with Crippen molar-refractivity contribution in [1.29, 1.82) is 0 Å². The summed E-state index contributed by atoms with van der Waals surface area (Å²) in [5.74, 6) is -0.117. The fourth-order valence-electron chi connectivity index (χ4n) is 5.75. The van der Waals surface area contributed by atoms with Crippen LogP contribution in [0.25, 0.3) is 12.2 Å². The highest BCUT2D eigenvalue weighted by Gasteiger charge is 2.28. The second-order valence-corrected chi connectivity index (χ2v) is 18.5. The summed E-state index contributed by atoms with van der Waals surface area (Å²) in [7, 11) is -6.87. The van der Waals surface area contributed by atoms with E-state index in [-0.39, 0.29) is 29.2 Å². The van der Waals surface area contributed by atoms with Gasteiger partial charge in [-0.05, 0) is 104 Å². The number of benzene rings is 3. The maximum absolute atomic E-state index is 12.3. The Kier molecular flexibility index (Phi) is 16.2. The first kappa shape index (κ1) is 44.6. The topological polar surface area (TPSA) is 159 Å². The quantitative estimate of drug-likeness (QED) is 0.0227. The lowest BCUT2D eigenvalue weighted by Crippen LogP contribution is -2.33. The van der Waals surface area contributed by atoms with Crippen molar-refractivity contribution >= 4 is 73.8 Å². The fraction of sp³-hybridized carbons (Fsp3) is 0.317. The van der Waals surface area contributed by atoms with Crippen LogP contribution in [0.2, 0.25) is 0 Å². The summed E-state index contributed by atoms with van der Waals surface area (Å²) in [6.07, 6.45) is 12.4. The SMILES string of the molecule is CCC(OCCCS(=O)(=O)O)=C(/C=C/c1ccc(C)c(/C=C/C2Sc3cc(C)ccc3N2CCCN(C)C(=O)/C=C\C=O)c1)Sc1cc(S(=O)(=O)O)ccc1C. The van der Waals surface area contributed by atoms with E-state index in [1.807, 2.05) is 45.1 Å². The van der Waals surface area contributed by atoms with Crippen molar-refractivity contribution < 1.29 is 40.3 Å². The lowest BCUT2D eigenvalue weighted by Gasteiger charge is -2.26. The van der Waals surface area contributed by atoms with Crippen LogP contribution in [0.15, 0.2) is 104 Å². The van der Waals surface area contributed by atoms with Gasteiger partial charge in [0.25, 0.3) is 20.2 Å². The summed E-state index contributed by atoms with van der Waals surface area (Å²) in [6, 6.07) is 16.9. The normalized spacial score (nSPS) is 15.1. The van der Waals surface area contributed by atoms with Gasteiger partial charge in [-0.3, -0.25) is 18.7 Å². The number of amides is 1. The molecule has 3 aromatic carbocycles. The maximum Gasteiger partial charge on any atom is 0.294 e. The molecule has 1 aliphatic rings. The molecule has 4 rings (SSSR count). The Hall–Kier alpha value is -4.12. The Labute approximate surface area is 339 Å². The highest BCUT2D eigenvalue weighted by atomic mass is 32.2. The third-order valence-electron chi connectivity index (χ3n) is 8.83. The number of nitrogens with zero attached hydrogens (tertiary/aromatic N) is 2. The number of likely N-dealkylation sites (N-methyl/N-ethyl adjacent to an activating group) is 1. The molecule has 1 amide bonds. The first-order chi connectivity index (χ1) is 26.5. The van der Waals surface area contributed by atoms with Gasteiger partial charge in [0, 0.05) is 47.3 Å². The van der Waals surface area contributed by atoms with Crippen LogP contribution in [-0.4, -0.2) is 80.9 Å².